The van der Waals surface area contributed by atoms with Crippen molar-refractivity contribution in [3.63, 3.8) is 0 Å². The molecule has 0 bridgehead atoms. The molecule has 0 spiro atoms. The number of rotatable bonds is 10. The van der Waals surface area contributed by atoms with E-state index in [1.54, 1.807) is 0 Å². The molecule has 7 nitrogen and oxygen atoms in total. The van der Waals surface area contributed by atoms with Gasteiger partial charge in [-0.2, -0.15) is 0 Å². The Bertz CT molecular complexity index is 332. The SMILES string of the molecule is CC(C)C(CCN)CCC(=O)NCC(=O)NCC(=O)O. The van der Waals surface area contributed by atoms with Crippen LogP contribution in [-0.2, 0) is 14.4 Å². The Kier molecular flexibility index (Phi) is 9.36. The monoisotopic (exact) mass is 287 g/mol. The summed E-state index contributed by atoms with van der Waals surface area (Å²) in [6.07, 6.45) is 1.95. The highest BCUT2D eigenvalue weighted by Crippen LogP contribution is 2.20. The first-order chi connectivity index (χ1) is 9.36. The lowest BCUT2D eigenvalue weighted by molar-refractivity contribution is -0.137. The van der Waals surface area contributed by atoms with Crippen molar-refractivity contribution in [1.82, 2.24) is 10.6 Å². The topological polar surface area (TPSA) is 122 Å². The van der Waals surface area contributed by atoms with Gasteiger partial charge >= 0.3 is 5.97 Å². The molecule has 0 aliphatic heterocycles. The Morgan fingerprint density at radius 2 is 1.65 bits per heavy atom. The summed E-state index contributed by atoms with van der Waals surface area (Å²) in [5, 5.41) is 13.0. The van der Waals surface area contributed by atoms with Gasteiger partial charge < -0.3 is 21.5 Å². The van der Waals surface area contributed by atoms with Gasteiger partial charge in [-0.15, -0.1) is 0 Å². The van der Waals surface area contributed by atoms with E-state index in [0.717, 1.165) is 12.8 Å². The Hall–Kier alpha value is -1.63. The quantitative estimate of drug-likeness (QED) is 0.439. The van der Waals surface area contributed by atoms with E-state index in [4.69, 9.17) is 10.8 Å². The van der Waals surface area contributed by atoms with E-state index >= 15 is 0 Å². The second kappa shape index (κ2) is 10.2. The van der Waals surface area contributed by atoms with Gasteiger partial charge in [0.2, 0.25) is 11.8 Å². The van der Waals surface area contributed by atoms with Gasteiger partial charge in [0.15, 0.2) is 0 Å². The van der Waals surface area contributed by atoms with Gasteiger partial charge in [-0.25, -0.2) is 0 Å². The number of carboxylic acids is 1. The third-order valence-electron chi connectivity index (χ3n) is 3.11. The van der Waals surface area contributed by atoms with Crippen molar-refractivity contribution in [2.24, 2.45) is 17.6 Å². The molecule has 2 amide bonds. The highest BCUT2D eigenvalue weighted by Gasteiger charge is 2.14. The first-order valence-electron chi connectivity index (χ1n) is 6.82. The number of carbonyl (C=O) groups excluding carboxylic acids is 2. The summed E-state index contributed by atoms with van der Waals surface area (Å²) < 4.78 is 0. The van der Waals surface area contributed by atoms with Gasteiger partial charge in [0.25, 0.3) is 0 Å². The summed E-state index contributed by atoms with van der Waals surface area (Å²) in [7, 11) is 0. The predicted molar refractivity (Wildman–Crippen MR) is 74.9 cm³/mol. The van der Waals surface area contributed by atoms with Crippen molar-refractivity contribution in [3.8, 4) is 0 Å². The summed E-state index contributed by atoms with van der Waals surface area (Å²) in [4.78, 5) is 33.0. The van der Waals surface area contributed by atoms with Crippen LogP contribution in [0.1, 0.15) is 33.1 Å². The molecule has 0 aromatic rings. The molecule has 0 aromatic heterocycles. The molecule has 7 heteroatoms. The molecular formula is C13H25N3O4. The number of hydrogen-bond acceptors (Lipinski definition) is 4. The summed E-state index contributed by atoms with van der Waals surface area (Å²) >= 11 is 0. The summed E-state index contributed by atoms with van der Waals surface area (Å²) in [6.45, 7) is 4.15. The highest BCUT2D eigenvalue weighted by atomic mass is 16.4. The van der Waals surface area contributed by atoms with Crippen LogP contribution in [0.25, 0.3) is 0 Å². The Morgan fingerprint density at radius 3 is 2.15 bits per heavy atom. The van der Waals surface area contributed by atoms with Crippen molar-refractivity contribution in [3.05, 3.63) is 0 Å². The molecule has 0 aromatic carbocycles. The Morgan fingerprint density at radius 1 is 1.05 bits per heavy atom. The molecule has 0 fully saturated rings. The standard InChI is InChI=1S/C13H25N3O4/c1-9(2)10(5-6-14)3-4-11(17)15-7-12(18)16-8-13(19)20/h9-10H,3-8,14H2,1-2H3,(H,15,17)(H,16,18)(H,19,20). The third kappa shape index (κ3) is 9.32. The van der Waals surface area contributed by atoms with Crippen LogP contribution in [0.15, 0.2) is 0 Å². The van der Waals surface area contributed by atoms with Gasteiger partial charge in [-0.1, -0.05) is 13.8 Å². The Labute approximate surface area is 119 Å². The van der Waals surface area contributed by atoms with Crippen molar-refractivity contribution in [2.75, 3.05) is 19.6 Å². The van der Waals surface area contributed by atoms with E-state index in [0.29, 0.717) is 24.8 Å². The lowest BCUT2D eigenvalue weighted by Crippen LogP contribution is -2.39. The molecule has 20 heavy (non-hydrogen) atoms. The fourth-order valence-corrected chi connectivity index (χ4v) is 1.85. The minimum absolute atomic E-state index is 0.199. The number of aliphatic carboxylic acids is 1. The zero-order valence-electron chi connectivity index (χ0n) is 12.1. The second-order valence-corrected chi connectivity index (χ2v) is 5.07. The molecule has 0 aliphatic carbocycles. The van der Waals surface area contributed by atoms with Gasteiger partial charge in [0.05, 0.1) is 6.54 Å². The van der Waals surface area contributed by atoms with E-state index in [1.807, 2.05) is 0 Å². The van der Waals surface area contributed by atoms with Gasteiger partial charge in [0, 0.05) is 6.42 Å². The predicted octanol–water partition coefficient (Wildman–Crippen LogP) is -0.295. The number of hydrogen-bond donors (Lipinski definition) is 4. The number of nitrogens with one attached hydrogen (secondary N) is 2. The largest absolute Gasteiger partial charge is 0.480 e. The van der Waals surface area contributed by atoms with E-state index in [1.165, 1.54) is 0 Å². The van der Waals surface area contributed by atoms with Crippen molar-refractivity contribution < 1.29 is 19.5 Å². The molecule has 0 heterocycles. The van der Waals surface area contributed by atoms with E-state index in [-0.39, 0.29) is 12.5 Å². The average molecular weight is 287 g/mol. The fraction of sp³-hybridized carbons (Fsp3) is 0.769. The van der Waals surface area contributed by atoms with Crippen LogP contribution in [0.3, 0.4) is 0 Å². The minimum Gasteiger partial charge on any atom is -0.480 e. The fourth-order valence-electron chi connectivity index (χ4n) is 1.85. The van der Waals surface area contributed by atoms with Crippen LogP contribution in [0.2, 0.25) is 0 Å². The van der Waals surface area contributed by atoms with E-state index in [9.17, 15) is 14.4 Å². The molecule has 0 radical (unpaired) electrons. The summed E-state index contributed by atoms with van der Waals surface area (Å²) in [6, 6.07) is 0. The van der Waals surface area contributed by atoms with Gasteiger partial charge in [-0.3, -0.25) is 14.4 Å². The molecule has 1 atom stereocenters. The van der Waals surface area contributed by atoms with Crippen LogP contribution >= 0.6 is 0 Å². The van der Waals surface area contributed by atoms with Crippen LogP contribution < -0.4 is 16.4 Å². The van der Waals surface area contributed by atoms with Crippen LogP contribution in [0.4, 0.5) is 0 Å². The molecule has 0 rings (SSSR count). The second-order valence-electron chi connectivity index (χ2n) is 5.07. The van der Waals surface area contributed by atoms with Gasteiger partial charge in [-0.05, 0) is 31.2 Å². The summed E-state index contributed by atoms with van der Waals surface area (Å²) in [5.74, 6) is -0.982. The molecule has 0 saturated carbocycles. The van der Waals surface area contributed by atoms with Crippen molar-refractivity contribution in [1.29, 1.82) is 0 Å². The zero-order chi connectivity index (χ0) is 15.5. The van der Waals surface area contributed by atoms with Crippen LogP contribution in [0, 0.1) is 11.8 Å². The smallest absolute Gasteiger partial charge is 0.322 e. The zero-order valence-corrected chi connectivity index (χ0v) is 12.1. The molecular weight excluding hydrogens is 262 g/mol. The van der Waals surface area contributed by atoms with E-state index < -0.39 is 18.4 Å². The lowest BCUT2D eigenvalue weighted by Gasteiger charge is -2.19. The van der Waals surface area contributed by atoms with Crippen molar-refractivity contribution >= 4 is 17.8 Å². The highest BCUT2D eigenvalue weighted by molar-refractivity contribution is 5.86. The van der Waals surface area contributed by atoms with E-state index in [2.05, 4.69) is 24.5 Å². The molecule has 0 aliphatic rings. The van der Waals surface area contributed by atoms with Crippen molar-refractivity contribution in [2.45, 2.75) is 33.1 Å². The summed E-state index contributed by atoms with van der Waals surface area (Å²) in [5.41, 5.74) is 5.53. The Balaban J connectivity index is 3.87. The first kappa shape index (κ1) is 18.4. The number of amides is 2. The third-order valence-corrected chi connectivity index (χ3v) is 3.11. The first-order valence-corrected chi connectivity index (χ1v) is 6.82. The number of carbonyl (C=O) groups is 3. The number of nitrogens with two attached hydrogens (primary N) is 1. The molecule has 116 valence electrons. The molecule has 5 N–H and O–H groups in total. The average Bonchev–Trinajstić information content (AvgIpc) is 2.38. The number of carboxylic acid groups (broad SMARTS) is 1. The molecule has 1 unspecified atom stereocenters. The maximum Gasteiger partial charge on any atom is 0.322 e. The lowest BCUT2D eigenvalue weighted by atomic mass is 9.88. The minimum atomic E-state index is -1.12. The maximum absolute atomic E-state index is 11.6. The maximum atomic E-state index is 11.6. The van der Waals surface area contributed by atoms with Gasteiger partial charge in [0.1, 0.15) is 6.54 Å². The normalized spacial score (nSPS) is 12.0. The van der Waals surface area contributed by atoms with Crippen LogP contribution in [0.5, 0.6) is 0 Å². The van der Waals surface area contributed by atoms with Crippen LogP contribution in [-0.4, -0.2) is 42.5 Å². The molecule has 0 saturated heterocycles.